The van der Waals surface area contributed by atoms with Gasteiger partial charge in [-0.25, -0.2) is 4.39 Å². The summed E-state index contributed by atoms with van der Waals surface area (Å²) in [4.78, 5) is 0. The Balaban J connectivity index is 2.33. The maximum absolute atomic E-state index is 13.5. The first-order valence-electron chi connectivity index (χ1n) is 5.81. The molecule has 1 nitrogen and oxygen atoms in total. The van der Waals surface area contributed by atoms with Gasteiger partial charge < -0.3 is 5.11 Å². The summed E-state index contributed by atoms with van der Waals surface area (Å²) in [5, 5.41) is 10.6. The summed E-state index contributed by atoms with van der Waals surface area (Å²) >= 11 is 6.61. The zero-order valence-corrected chi connectivity index (χ0v) is 13.5. The van der Waals surface area contributed by atoms with Crippen LogP contribution in [0.4, 0.5) is 4.39 Å². The van der Waals surface area contributed by atoms with Crippen molar-refractivity contribution in [3.05, 3.63) is 68.4 Å². The summed E-state index contributed by atoms with van der Waals surface area (Å²) in [5.41, 5.74) is 0.475. The quantitative estimate of drug-likeness (QED) is 0.801. The molecule has 2 aromatic carbocycles. The van der Waals surface area contributed by atoms with E-state index >= 15 is 0 Å². The number of halogens is 3. The van der Waals surface area contributed by atoms with Crippen LogP contribution in [0.2, 0.25) is 0 Å². The summed E-state index contributed by atoms with van der Waals surface area (Å²) in [6.45, 7) is 1.73. The highest BCUT2D eigenvalue weighted by molar-refractivity contribution is 9.10. The molecule has 1 N–H and O–H groups in total. The molecule has 0 aliphatic carbocycles. The zero-order valence-electron chi connectivity index (χ0n) is 10.3. The molecule has 0 fully saturated rings. The van der Waals surface area contributed by atoms with Crippen LogP contribution >= 0.6 is 31.9 Å². The monoisotopic (exact) mass is 386 g/mol. The summed E-state index contributed by atoms with van der Waals surface area (Å²) in [7, 11) is 0. The molecule has 1 unspecified atom stereocenters. The molecule has 2 rings (SSSR count). The van der Waals surface area contributed by atoms with E-state index in [2.05, 4.69) is 31.9 Å². The van der Waals surface area contributed by atoms with E-state index in [-0.39, 0.29) is 5.82 Å². The average Bonchev–Trinajstić information content (AvgIpc) is 2.35. The first-order chi connectivity index (χ1) is 8.90. The van der Waals surface area contributed by atoms with Crippen LogP contribution in [0, 0.1) is 5.82 Å². The van der Waals surface area contributed by atoms with Crippen molar-refractivity contribution in [2.75, 3.05) is 0 Å². The third-order valence-corrected chi connectivity index (χ3v) is 4.39. The van der Waals surface area contributed by atoms with Gasteiger partial charge in [0, 0.05) is 10.9 Å². The second kappa shape index (κ2) is 5.73. The van der Waals surface area contributed by atoms with Gasteiger partial charge in [0.05, 0.1) is 10.1 Å². The van der Waals surface area contributed by atoms with Crippen LogP contribution in [-0.2, 0) is 12.0 Å². The highest BCUT2D eigenvalue weighted by atomic mass is 79.9. The smallest absolute Gasteiger partial charge is 0.137 e. The molecule has 0 saturated carbocycles. The van der Waals surface area contributed by atoms with E-state index in [1.807, 2.05) is 24.3 Å². The summed E-state index contributed by atoms with van der Waals surface area (Å²) in [6.07, 6.45) is 0.335. The van der Waals surface area contributed by atoms with Gasteiger partial charge in [-0.2, -0.15) is 0 Å². The van der Waals surface area contributed by atoms with Crippen LogP contribution in [0.1, 0.15) is 18.1 Å². The van der Waals surface area contributed by atoms with Crippen molar-refractivity contribution in [1.82, 2.24) is 0 Å². The van der Waals surface area contributed by atoms with Gasteiger partial charge in [-0.15, -0.1) is 0 Å². The van der Waals surface area contributed by atoms with Crippen LogP contribution in [0.25, 0.3) is 0 Å². The fourth-order valence-corrected chi connectivity index (χ4v) is 2.79. The number of benzene rings is 2. The third-order valence-electron chi connectivity index (χ3n) is 3.01. The number of hydrogen-bond acceptors (Lipinski definition) is 1. The molecule has 0 aliphatic rings. The Bertz CT molecular complexity index is 596. The lowest BCUT2D eigenvalue weighted by Gasteiger charge is -2.25. The minimum atomic E-state index is -1.06. The van der Waals surface area contributed by atoms with E-state index < -0.39 is 5.60 Å². The topological polar surface area (TPSA) is 20.2 Å². The predicted octanol–water partition coefficient (Wildman–Crippen LogP) is 4.80. The third kappa shape index (κ3) is 3.44. The summed E-state index contributed by atoms with van der Waals surface area (Å²) in [6, 6.07) is 12.3. The standard InChI is InChI=1S/C15H13Br2FO/c1-15(19,11-5-3-6-12(16)8-11)9-10-4-2-7-13(18)14(10)17/h2-8,19H,9H2,1H3. The lowest BCUT2D eigenvalue weighted by atomic mass is 9.89. The van der Waals surface area contributed by atoms with Gasteiger partial charge in [-0.05, 0) is 52.2 Å². The van der Waals surface area contributed by atoms with Crippen molar-refractivity contribution in [3.63, 3.8) is 0 Å². The first kappa shape index (κ1) is 14.7. The van der Waals surface area contributed by atoms with Gasteiger partial charge in [0.25, 0.3) is 0 Å². The molecule has 2 aromatic rings. The highest BCUT2D eigenvalue weighted by Crippen LogP contribution is 2.31. The van der Waals surface area contributed by atoms with Gasteiger partial charge in [0.2, 0.25) is 0 Å². The van der Waals surface area contributed by atoms with Crippen molar-refractivity contribution in [3.8, 4) is 0 Å². The second-order valence-corrected chi connectivity index (χ2v) is 6.38. The van der Waals surface area contributed by atoms with Gasteiger partial charge in [-0.3, -0.25) is 0 Å². The van der Waals surface area contributed by atoms with Crippen molar-refractivity contribution in [2.24, 2.45) is 0 Å². The first-order valence-corrected chi connectivity index (χ1v) is 7.40. The van der Waals surface area contributed by atoms with Crippen LogP contribution in [0.3, 0.4) is 0 Å². The predicted molar refractivity (Wildman–Crippen MR) is 81.5 cm³/mol. The van der Waals surface area contributed by atoms with Crippen LogP contribution < -0.4 is 0 Å². The van der Waals surface area contributed by atoms with Crippen LogP contribution in [0.15, 0.2) is 51.4 Å². The van der Waals surface area contributed by atoms with E-state index in [1.165, 1.54) is 6.07 Å². The van der Waals surface area contributed by atoms with Gasteiger partial charge in [0.1, 0.15) is 5.82 Å². The molecule has 0 amide bonds. The van der Waals surface area contributed by atoms with Crippen molar-refractivity contribution in [1.29, 1.82) is 0 Å². The molecule has 0 spiro atoms. The lowest BCUT2D eigenvalue weighted by molar-refractivity contribution is 0.0573. The number of hydrogen-bond donors (Lipinski definition) is 1. The average molecular weight is 388 g/mol. The molecule has 100 valence electrons. The molecule has 0 heterocycles. The molecule has 19 heavy (non-hydrogen) atoms. The summed E-state index contributed by atoms with van der Waals surface area (Å²) < 4.78 is 14.8. The Morgan fingerprint density at radius 3 is 2.53 bits per heavy atom. The van der Waals surface area contributed by atoms with E-state index in [9.17, 15) is 9.50 Å². The minimum absolute atomic E-state index is 0.317. The molecular weight excluding hydrogens is 375 g/mol. The van der Waals surface area contributed by atoms with Crippen molar-refractivity contribution >= 4 is 31.9 Å². The minimum Gasteiger partial charge on any atom is -0.385 e. The fraction of sp³-hybridized carbons (Fsp3) is 0.200. The summed E-state index contributed by atoms with van der Waals surface area (Å²) in [5.74, 6) is -0.317. The Morgan fingerprint density at radius 1 is 1.16 bits per heavy atom. The lowest BCUT2D eigenvalue weighted by Crippen LogP contribution is -2.24. The van der Waals surface area contributed by atoms with Crippen molar-refractivity contribution in [2.45, 2.75) is 18.9 Å². The fourth-order valence-electron chi connectivity index (χ4n) is 1.98. The van der Waals surface area contributed by atoms with Gasteiger partial charge in [-0.1, -0.05) is 40.2 Å². The maximum Gasteiger partial charge on any atom is 0.137 e. The SMILES string of the molecule is CC(O)(Cc1cccc(F)c1Br)c1cccc(Br)c1. The Kier molecular flexibility index (Phi) is 4.43. The van der Waals surface area contributed by atoms with E-state index in [0.717, 1.165) is 15.6 Å². The largest absolute Gasteiger partial charge is 0.385 e. The Hall–Kier alpha value is -0.710. The van der Waals surface area contributed by atoms with E-state index in [4.69, 9.17) is 0 Å². The van der Waals surface area contributed by atoms with Crippen LogP contribution in [0.5, 0.6) is 0 Å². The van der Waals surface area contributed by atoms with Gasteiger partial charge in [0.15, 0.2) is 0 Å². The Morgan fingerprint density at radius 2 is 1.84 bits per heavy atom. The van der Waals surface area contributed by atoms with Crippen molar-refractivity contribution < 1.29 is 9.50 Å². The molecular formula is C15H13Br2FO. The molecule has 0 aliphatic heterocycles. The van der Waals surface area contributed by atoms with Crippen LogP contribution in [-0.4, -0.2) is 5.11 Å². The molecule has 4 heteroatoms. The second-order valence-electron chi connectivity index (χ2n) is 4.67. The molecule has 0 aromatic heterocycles. The van der Waals surface area contributed by atoms with Gasteiger partial charge >= 0.3 is 0 Å². The van der Waals surface area contributed by atoms with E-state index in [0.29, 0.717) is 10.9 Å². The molecule has 0 radical (unpaired) electrons. The Labute approximate surface area is 128 Å². The molecule has 1 atom stereocenters. The number of aliphatic hydroxyl groups is 1. The number of rotatable bonds is 3. The van der Waals surface area contributed by atoms with E-state index in [1.54, 1.807) is 19.1 Å². The highest BCUT2D eigenvalue weighted by Gasteiger charge is 2.25. The molecule has 0 saturated heterocycles. The molecule has 0 bridgehead atoms. The normalized spacial score (nSPS) is 14.2. The maximum atomic E-state index is 13.5. The zero-order chi connectivity index (χ0) is 14.0.